The van der Waals surface area contributed by atoms with Gasteiger partial charge in [-0.2, -0.15) is 0 Å². The third-order valence-corrected chi connectivity index (χ3v) is 1.90. The molecule has 1 amide bonds. The van der Waals surface area contributed by atoms with Gasteiger partial charge in [-0.15, -0.1) is 6.42 Å². The highest BCUT2D eigenvalue weighted by atomic mass is 16.5. The molecular weight excluding hydrogens is 206 g/mol. The molecule has 0 aromatic heterocycles. The number of rotatable bonds is 3. The van der Waals surface area contributed by atoms with Crippen molar-refractivity contribution in [3.05, 3.63) is 35.4 Å². The first-order chi connectivity index (χ1) is 7.69. The lowest BCUT2D eigenvalue weighted by Gasteiger charge is -2.03. The van der Waals surface area contributed by atoms with Crippen LogP contribution < -0.4 is 5.32 Å². The predicted octanol–water partition coefficient (Wildman–Crippen LogP) is 0.836. The lowest BCUT2D eigenvalue weighted by molar-refractivity contribution is 0.0600. The van der Waals surface area contributed by atoms with Crippen LogP contribution in [0.3, 0.4) is 0 Å². The van der Waals surface area contributed by atoms with Gasteiger partial charge in [-0.25, -0.2) is 4.79 Å². The van der Waals surface area contributed by atoms with E-state index < -0.39 is 5.97 Å². The fourth-order valence-electron chi connectivity index (χ4n) is 1.14. The Balaban J connectivity index is 2.86. The summed E-state index contributed by atoms with van der Waals surface area (Å²) in [7, 11) is 1.29. The number of terminal acetylenes is 1. The minimum Gasteiger partial charge on any atom is -0.465 e. The molecule has 0 saturated carbocycles. The summed E-state index contributed by atoms with van der Waals surface area (Å²) in [5.74, 6) is 1.50. The molecule has 0 atom stereocenters. The molecule has 1 aromatic rings. The minimum absolute atomic E-state index is 0.154. The van der Waals surface area contributed by atoms with Crippen molar-refractivity contribution in [2.45, 2.75) is 0 Å². The summed E-state index contributed by atoms with van der Waals surface area (Å²) in [4.78, 5) is 22.7. The number of esters is 1. The van der Waals surface area contributed by atoms with Crippen molar-refractivity contribution in [3.8, 4) is 12.3 Å². The zero-order chi connectivity index (χ0) is 12.0. The Labute approximate surface area is 93.6 Å². The van der Waals surface area contributed by atoms with Crippen LogP contribution in [0.15, 0.2) is 24.3 Å². The van der Waals surface area contributed by atoms with Crippen molar-refractivity contribution in [2.75, 3.05) is 13.7 Å². The number of carbonyl (C=O) groups excluding carboxylic acids is 2. The number of carbonyl (C=O) groups is 2. The van der Waals surface area contributed by atoms with E-state index in [1.165, 1.54) is 13.2 Å². The highest BCUT2D eigenvalue weighted by Gasteiger charge is 2.09. The van der Waals surface area contributed by atoms with Gasteiger partial charge < -0.3 is 10.1 Å². The molecule has 0 unspecified atom stereocenters. The van der Waals surface area contributed by atoms with Gasteiger partial charge in [0.05, 0.1) is 19.2 Å². The van der Waals surface area contributed by atoms with E-state index in [1.54, 1.807) is 18.2 Å². The summed E-state index contributed by atoms with van der Waals surface area (Å²) in [6, 6.07) is 6.23. The highest BCUT2D eigenvalue weighted by Crippen LogP contribution is 2.06. The van der Waals surface area contributed by atoms with Crippen molar-refractivity contribution in [1.29, 1.82) is 0 Å². The Bertz CT molecular complexity index is 446. The Morgan fingerprint density at radius 1 is 1.44 bits per heavy atom. The van der Waals surface area contributed by atoms with Crippen LogP contribution in [0.5, 0.6) is 0 Å². The van der Waals surface area contributed by atoms with E-state index >= 15 is 0 Å². The molecule has 0 aliphatic rings. The molecule has 4 heteroatoms. The van der Waals surface area contributed by atoms with E-state index in [0.29, 0.717) is 11.1 Å². The van der Waals surface area contributed by atoms with Crippen LogP contribution in [0.25, 0.3) is 0 Å². The molecule has 16 heavy (non-hydrogen) atoms. The minimum atomic E-state index is -0.480. The monoisotopic (exact) mass is 217 g/mol. The molecule has 0 radical (unpaired) electrons. The lowest BCUT2D eigenvalue weighted by Crippen LogP contribution is -2.23. The molecule has 0 bridgehead atoms. The summed E-state index contributed by atoms with van der Waals surface area (Å²) >= 11 is 0. The number of amides is 1. The molecule has 0 aliphatic heterocycles. The van der Waals surface area contributed by atoms with Crippen molar-refractivity contribution in [1.82, 2.24) is 5.32 Å². The molecule has 1 N–H and O–H groups in total. The normalized spacial score (nSPS) is 9.00. The van der Waals surface area contributed by atoms with Crippen LogP contribution in [0.1, 0.15) is 20.7 Å². The molecule has 0 saturated heterocycles. The molecule has 1 aromatic carbocycles. The van der Waals surface area contributed by atoms with Gasteiger partial charge in [-0.05, 0) is 18.2 Å². The highest BCUT2D eigenvalue weighted by molar-refractivity contribution is 5.97. The van der Waals surface area contributed by atoms with E-state index in [1.807, 2.05) is 0 Å². The average Bonchev–Trinajstić information content (AvgIpc) is 2.35. The van der Waals surface area contributed by atoms with Crippen molar-refractivity contribution in [2.24, 2.45) is 0 Å². The van der Waals surface area contributed by atoms with E-state index in [9.17, 15) is 9.59 Å². The van der Waals surface area contributed by atoms with Crippen molar-refractivity contribution >= 4 is 11.9 Å². The number of hydrogen-bond donors (Lipinski definition) is 1. The average molecular weight is 217 g/mol. The first kappa shape index (κ1) is 11.8. The molecule has 0 heterocycles. The van der Waals surface area contributed by atoms with Crippen molar-refractivity contribution in [3.63, 3.8) is 0 Å². The number of ether oxygens (including phenoxy) is 1. The largest absolute Gasteiger partial charge is 0.465 e. The van der Waals surface area contributed by atoms with Gasteiger partial charge in [0.1, 0.15) is 0 Å². The smallest absolute Gasteiger partial charge is 0.337 e. The molecular formula is C12H11NO3. The zero-order valence-electron chi connectivity index (χ0n) is 8.82. The number of hydrogen-bond acceptors (Lipinski definition) is 3. The number of benzene rings is 1. The maximum absolute atomic E-state index is 11.5. The Kier molecular flexibility index (Phi) is 4.10. The zero-order valence-corrected chi connectivity index (χ0v) is 8.82. The molecule has 0 aliphatic carbocycles. The number of nitrogens with one attached hydrogen (secondary N) is 1. The predicted molar refractivity (Wildman–Crippen MR) is 58.9 cm³/mol. The summed E-state index contributed by atoms with van der Waals surface area (Å²) < 4.78 is 4.55. The van der Waals surface area contributed by atoms with Crippen LogP contribution >= 0.6 is 0 Å². The summed E-state index contributed by atoms with van der Waals surface area (Å²) in [5, 5.41) is 2.51. The summed E-state index contributed by atoms with van der Waals surface area (Å²) in [5.41, 5.74) is 0.703. The van der Waals surface area contributed by atoms with Crippen molar-refractivity contribution < 1.29 is 14.3 Å². The third-order valence-electron chi connectivity index (χ3n) is 1.90. The first-order valence-electron chi connectivity index (χ1n) is 4.59. The van der Waals surface area contributed by atoms with Crippen LogP contribution in [-0.4, -0.2) is 25.5 Å². The first-order valence-corrected chi connectivity index (χ1v) is 4.59. The lowest BCUT2D eigenvalue weighted by atomic mass is 10.1. The topological polar surface area (TPSA) is 55.4 Å². The molecule has 0 fully saturated rings. The Hall–Kier alpha value is -2.28. The fraction of sp³-hybridized carbons (Fsp3) is 0.167. The second-order valence-electron chi connectivity index (χ2n) is 2.96. The van der Waals surface area contributed by atoms with E-state index in [2.05, 4.69) is 16.0 Å². The summed E-state index contributed by atoms with van der Waals surface area (Å²) in [6.45, 7) is 0.154. The van der Waals surface area contributed by atoms with E-state index in [4.69, 9.17) is 6.42 Å². The SMILES string of the molecule is C#CCNC(=O)c1cccc(C(=O)OC)c1. The molecule has 0 spiro atoms. The summed E-state index contributed by atoms with van der Waals surface area (Å²) in [6.07, 6.45) is 5.02. The van der Waals surface area contributed by atoms with Gasteiger partial charge in [0, 0.05) is 5.56 Å². The van der Waals surface area contributed by atoms with E-state index in [0.717, 1.165) is 0 Å². The third kappa shape index (κ3) is 2.85. The quantitative estimate of drug-likeness (QED) is 0.603. The fourth-order valence-corrected chi connectivity index (χ4v) is 1.14. The van der Waals surface area contributed by atoms with E-state index in [-0.39, 0.29) is 12.5 Å². The van der Waals surface area contributed by atoms with Gasteiger partial charge in [0.15, 0.2) is 0 Å². The van der Waals surface area contributed by atoms with Crippen LogP contribution in [-0.2, 0) is 4.74 Å². The second-order valence-corrected chi connectivity index (χ2v) is 2.96. The second kappa shape index (κ2) is 5.56. The van der Waals surface area contributed by atoms with Gasteiger partial charge >= 0.3 is 5.97 Å². The standard InChI is InChI=1S/C12H11NO3/c1-3-7-13-11(14)9-5-4-6-10(8-9)12(15)16-2/h1,4-6,8H,7H2,2H3,(H,13,14). The van der Waals surface area contributed by atoms with Gasteiger partial charge in [0.2, 0.25) is 0 Å². The Morgan fingerprint density at radius 2 is 2.12 bits per heavy atom. The molecule has 4 nitrogen and oxygen atoms in total. The van der Waals surface area contributed by atoms with Gasteiger partial charge in [-0.1, -0.05) is 12.0 Å². The van der Waals surface area contributed by atoms with Crippen LogP contribution in [0.2, 0.25) is 0 Å². The maximum Gasteiger partial charge on any atom is 0.337 e. The maximum atomic E-state index is 11.5. The van der Waals surface area contributed by atoms with Crippen LogP contribution in [0.4, 0.5) is 0 Å². The number of methoxy groups -OCH3 is 1. The Morgan fingerprint density at radius 3 is 2.75 bits per heavy atom. The van der Waals surface area contributed by atoms with Gasteiger partial charge in [-0.3, -0.25) is 4.79 Å². The molecule has 82 valence electrons. The van der Waals surface area contributed by atoms with Gasteiger partial charge in [0.25, 0.3) is 5.91 Å². The van der Waals surface area contributed by atoms with Crippen LogP contribution in [0, 0.1) is 12.3 Å². The molecule has 1 rings (SSSR count).